The molecular formula is C11H21N5O. The van der Waals surface area contributed by atoms with Crippen molar-refractivity contribution in [1.29, 1.82) is 0 Å². The monoisotopic (exact) mass is 239 g/mol. The average molecular weight is 239 g/mol. The van der Waals surface area contributed by atoms with Gasteiger partial charge in [-0.1, -0.05) is 0 Å². The summed E-state index contributed by atoms with van der Waals surface area (Å²) in [5.74, 6) is 6.46. The molecule has 0 spiro atoms. The van der Waals surface area contributed by atoms with Gasteiger partial charge < -0.3 is 10.0 Å². The minimum absolute atomic E-state index is 0.384. The van der Waals surface area contributed by atoms with Gasteiger partial charge in [-0.15, -0.1) is 0 Å². The van der Waals surface area contributed by atoms with Crippen LogP contribution in [0.4, 0.5) is 11.8 Å². The molecule has 4 N–H and O–H groups in total. The van der Waals surface area contributed by atoms with Crippen molar-refractivity contribution in [2.24, 2.45) is 5.84 Å². The summed E-state index contributed by atoms with van der Waals surface area (Å²) in [4.78, 5) is 10.4. The molecule has 6 nitrogen and oxygen atoms in total. The molecule has 0 aromatic carbocycles. The molecule has 0 aliphatic heterocycles. The topological polar surface area (TPSA) is 87.3 Å². The molecule has 0 saturated heterocycles. The van der Waals surface area contributed by atoms with Gasteiger partial charge in [0.2, 0.25) is 5.95 Å². The van der Waals surface area contributed by atoms with Crippen LogP contribution in [0.2, 0.25) is 0 Å². The first-order valence-electron chi connectivity index (χ1n) is 5.65. The number of rotatable bonds is 5. The van der Waals surface area contributed by atoms with Crippen molar-refractivity contribution in [3.05, 3.63) is 11.8 Å². The van der Waals surface area contributed by atoms with Crippen molar-refractivity contribution >= 4 is 11.8 Å². The molecule has 1 rings (SSSR count). The summed E-state index contributed by atoms with van der Waals surface area (Å²) in [6, 6.07) is 1.87. The number of hydrazine groups is 1. The Morgan fingerprint density at radius 1 is 1.47 bits per heavy atom. The molecule has 1 aromatic heterocycles. The van der Waals surface area contributed by atoms with Crippen molar-refractivity contribution in [3.8, 4) is 0 Å². The predicted molar refractivity (Wildman–Crippen MR) is 68.8 cm³/mol. The molecule has 0 aliphatic rings. The van der Waals surface area contributed by atoms with E-state index in [0.29, 0.717) is 12.5 Å². The van der Waals surface area contributed by atoms with Gasteiger partial charge in [-0.2, -0.15) is 4.98 Å². The number of likely N-dealkylation sites (N-methyl/N-ethyl adjacent to an activating group) is 1. The Bertz CT molecular complexity index is 375. The molecule has 0 aliphatic carbocycles. The molecule has 0 fully saturated rings. The van der Waals surface area contributed by atoms with Gasteiger partial charge >= 0.3 is 0 Å². The van der Waals surface area contributed by atoms with E-state index in [2.05, 4.69) is 15.4 Å². The first-order valence-corrected chi connectivity index (χ1v) is 5.65. The van der Waals surface area contributed by atoms with Gasteiger partial charge in [-0.05, 0) is 27.7 Å². The summed E-state index contributed by atoms with van der Waals surface area (Å²) in [5.41, 5.74) is 2.50. The maximum Gasteiger partial charge on any atom is 0.239 e. The van der Waals surface area contributed by atoms with Crippen LogP contribution in [0.3, 0.4) is 0 Å². The quantitative estimate of drug-likeness (QED) is 0.517. The van der Waals surface area contributed by atoms with Gasteiger partial charge in [0.15, 0.2) is 0 Å². The van der Waals surface area contributed by atoms with Gasteiger partial charge in [0.05, 0.1) is 5.60 Å². The molecule has 0 amide bonds. The lowest BCUT2D eigenvalue weighted by molar-refractivity contribution is 0.0874. The Balaban J connectivity index is 2.99. The highest BCUT2D eigenvalue weighted by Gasteiger charge is 2.19. The predicted octanol–water partition coefficient (Wildman–Crippen LogP) is 0.668. The van der Waals surface area contributed by atoms with Crippen molar-refractivity contribution in [1.82, 2.24) is 9.97 Å². The number of hydrogen-bond donors (Lipinski definition) is 3. The van der Waals surface area contributed by atoms with Gasteiger partial charge in [-0.3, -0.25) is 5.43 Å². The van der Waals surface area contributed by atoms with Crippen LogP contribution in [0.15, 0.2) is 6.07 Å². The van der Waals surface area contributed by atoms with Gasteiger partial charge in [0, 0.05) is 24.8 Å². The number of aryl methyl sites for hydroxylation is 1. The highest BCUT2D eigenvalue weighted by molar-refractivity contribution is 5.44. The normalized spacial score (nSPS) is 11.4. The largest absolute Gasteiger partial charge is 0.389 e. The SMILES string of the molecule is CCN(CC(C)(C)O)c1cc(C)nc(NN)n1. The molecule has 1 aromatic rings. The number of nitrogens with one attached hydrogen (secondary N) is 1. The lowest BCUT2D eigenvalue weighted by Gasteiger charge is -2.29. The van der Waals surface area contributed by atoms with Crippen LogP contribution >= 0.6 is 0 Å². The highest BCUT2D eigenvalue weighted by atomic mass is 16.3. The molecular weight excluding hydrogens is 218 g/mol. The van der Waals surface area contributed by atoms with Crippen LogP contribution in [-0.2, 0) is 0 Å². The van der Waals surface area contributed by atoms with E-state index in [1.165, 1.54) is 0 Å². The Hall–Kier alpha value is -1.40. The molecule has 96 valence electrons. The Morgan fingerprint density at radius 2 is 2.12 bits per heavy atom. The number of aromatic nitrogens is 2. The van der Waals surface area contributed by atoms with E-state index in [0.717, 1.165) is 18.1 Å². The minimum atomic E-state index is -0.773. The lowest BCUT2D eigenvalue weighted by atomic mass is 10.1. The van der Waals surface area contributed by atoms with E-state index in [-0.39, 0.29) is 0 Å². The smallest absolute Gasteiger partial charge is 0.239 e. The van der Waals surface area contributed by atoms with E-state index in [1.807, 2.05) is 24.8 Å². The van der Waals surface area contributed by atoms with E-state index in [1.54, 1.807) is 13.8 Å². The number of hydrogen-bond acceptors (Lipinski definition) is 6. The van der Waals surface area contributed by atoms with Crippen LogP contribution in [0.1, 0.15) is 26.5 Å². The second-order valence-electron chi connectivity index (χ2n) is 4.66. The third kappa shape index (κ3) is 4.16. The zero-order valence-electron chi connectivity index (χ0n) is 10.9. The van der Waals surface area contributed by atoms with Crippen LogP contribution in [0.5, 0.6) is 0 Å². The van der Waals surface area contributed by atoms with Crippen LogP contribution in [0.25, 0.3) is 0 Å². The molecule has 0 atom stereocenters. The molecule has 0 unspecified atom stereocenters. The van der Waals surface area contributed by atoms with Crippen molar-refractivity contribution in [2.75, 3.05) is 23.4 Å². The standard InChI is InChI=1S/C11H21N5O/c1-5-16(7-11(3,4)17)9-6-8(2)13-10(14-9)15-12/h6,17H,5,7,12H2,1-4H3,(H,13,14,15). The first kappa shape index (κ1) is 13.7. The number of nitrogens with two attached hydrogens (primary N) is 1. The summed E-state index contributed by atoms with van der Waals surface area (Å²) >= 11 is 0. The van der Waals surface area contributed by atoms with Crippen molar-refractivity contribution in [2.45, 2.75) is 33.3 Å². The fourth-order valence-electron chi connectivity index (χ4n) is 1.60. The summed E-state index contributed by atoms with van der Waals surface area (Å²) < 4.78 is 0. The third-order valence-corrected chi connectivity index (χ3v) is 2.25. The van der Waals surface area contributed by atoms with E-state index in [4.69, 9.17) is 5.84 Å². The molecule has 6 heteroatoms. The Labute approximate surface area is 102 Å². The van der Waals surface area contributed by atoms with Gasteiger partial charge in [0.1, 0.15) is 5.82 Å². The number of aliphatic hydroxyl groups is 1. The van der Waals surface area contributed by atoms with Crippen molar-refractivity contribution in [3.63, 3.8) is 0 Å². The fourth-order valence-corrected chi connectivity index (χ4v) is 1.60. The van der Waals surface area contributed by atoms with E-state index >= 15 is 0 Å². The summed E-state index contributed by atoms with van der Waals surface area (Å²) in [6.45, 7) is 8.69. The Morgan fingerprint density at radius 3 is 2.59 bits per heavy atom. The van der Waals surface area contributed by atoms with Gasteiger partial charge in [-0.25, -0.2) is 10.8 Å². The third-order valence-electron chi connectivity index (χ3n) is 2.25. The summed E-state index contributed by atoms with van der Waals surface area (Å²) in [6.07, 6.45) is 0. The zero-order chi connectivity index (χ0) is 13.1. The molecule has 0 radical (unpaired) electrons. The molecule has 0 bridgehead atoms. The van der Waals surface area contributed by atoms with Crippen LogP contribution < -0.4 is 16.2 Å². The minimum Gasteiger partial charge on any atom is -0.389 e. The van der Waals surface area contributed by atoms with Crippen LogP contribution in [-0.4, -0.2) is 33.8 Å². The fraction of sp³-hybridized carbons (Fsp3) is 0.636. The van der Waals surface area contributed by atoms with E-state index < -0.39 is 5.60 Å². The van der Waals surface area contributed by atoms with Crippen molar-refractivity contribution < 1.29 is 5.11 Å². The number of anilines is 2. The van der Waals surface area contributed by atoms with Gasteiger partial charge in [0.25, 0.3) is 0 Å². The highest BCUT2D eigenvalue weighted by Crippen LogP contribution is 2.17. The average Bonchev–Trinajstić information content (AvgIpc) is 2.23. The second-order valence-corrected chi connectivity index (χ2v) is 4.66. The first-order chi connectivity index (χ1) is 7.85. The second kappa shape index (κ2) is 5.29. The number of nitrogens with zero attached hydrogens (tertiary/aromatic N) is 3. The molecule has 1 heterocycles. The lowest BCUT2D eigenvalue weighted by Crippen LogP contribution is -2.39. The molecule has 0 saturated carbocycles. The van der Waals surface area contributed by atoms with E-state index in [9.17, 15) is 5.11 Å². The summed E-state index contributed by atoms with van der Waals surface area (Å²) in [7, 11) is 0. The zero-order valence-corrected chi connectivity index (χ0v) is 10.9. The molecule has 17 heavy (non-hydrogen) atoms. The Kier molecular flexibility index (Phi) is 4.25. The maximum absolute atomic E-state index is 9.85. The van der Waals surface area contributed by atoms with Crippen LogP contribution in [0, 0.1) is 6.92 Å². The number of nitrogen functional groups attached to an aromatic ring is 1. The maximum atomic E-state index is 9.85. The summed E-state index contributed by atoms with van der Waals surface area (Å²) in [5, 5.41) is 9.85.